The summed E-state index contributed by atoms with van der Waals surface area (Å²) in [6.45, 7) is 2.61. The van der Waals surface area contributed by atoms with Gasteiger partial charge in [-0.2, -0.15) is 5.26 Å². The number of hydrogen-bond acceptors (Lipinski definition) is 6. The van der Waals surface area contributed by atoms with E-state index in [2.05, 4.69) is 9.88 Å². The van der Waals surface area contributed by atoms with Crippen LogP contribution in [-0.4, -0.2) is 40.3 Å². The predicted octanol–water partition coefficient (Wildman–Crippen LogP) is -0.323. The van der Waals surface area contributed by atoms with Crippen molar-refractivity contribution >= 4 is 11.6 Å². The van der Waals surface area contributed by atoms with Crippen LogP contribution in [0.3, 0.4) is 0 Å². The largest absolute Gasteiger partial charge is 0.353 e. The average Bonchev–Trinajstić information content (AvgIpc) is 2.63. The Bertz CT molecular complexity index is 901. The van der Waals surface area contributed by atoms with E-state index < -0.39 is 11.2 Å². The molecule has 0 unspecified atom stereocenters. The lowest BCUT2D eigenvalue weighted by Gasteiger charge is -2.37. The van der Waals surface area contributed by atoms with Crippen molar-refractivity contribution in [2.75, 3.05) is 36.0 Å². The highest BCUT2D eigenvalue weighted by atomic mass is 16.2. The predicted molar refractivity (Wildman–Crippen MR) is 90.3 cm³/mol. The fraction of sp³-hybridized carbons (Fsp3) is 0.375. The quantitative estimate of drug-likeness (QED) is 0.751. The van der Waals surface area contributed by atoms with E-state index in [-0.39, 0.29) is 5.56 Å². The lowest BCUT2D eigenvalue weighted by Crippen LogP contribution is -2.50. The summed E-state index contributed by atoms with van der Waals surface area (Å²) in [6, 6.07) is 7.71. The third-order valence-corrected chi connectivity index (χ3v) is 4.30. The summed E-state index contributed by atoms with van der Waals surface area (Å²) in [5.74, 6) is 1.29. The molecule has 0 atom stereocenters. The normalized spacial score (nSPS) is 14.5. The summed E-state index contributed by atoms with van der Waals surface area (Å²) >= 11 is 0. The van der Waals surface area contributed by atoms with Crippen LogP contribution in [0.4, 0.5) is 11.6 Å². The van der Waals surface area contributed by atoms with Crippen molar-refractivity contribution in [1.29, 1.82) is 5.26 Å². The van der Waals surface area contributed by atoms with Gasteiger partial charge >= 0.3 is 5.69 Å². The first-order valence-electron chi connectivity index (χ1n) is 7.65. The van der Waals surface area contributed by atoms with Crippen LogP contribution in [0.1, 0.15) is 5.56 Å². The second-order valence-electron chi connectivity index (χ2n) is 5.68. The molecule has 1 aliphatic rings. The molecule has 0 saturated carbocycles. The molecule has 2 aromatic heterocycles. The molecule has 0 amide bonds. The molecule has 8 nitrogen and oxygen atoms in total. The van der Waals surface area contributed by atoms with E-state index in [1.165, 1.54) is 11.6 Å². The monoisotopic (exact) mass is 326 g/mol. The molecule has 0 bridgehead atoms. The maximum atomic E-state index is 12.2. The zero-order valence-corrected chi connectivity index (χ0v) is 13.6. The highest BCUT2D eigenvalue weighted by molar-refractivity contribution is 5.55. The van der Waals surface area contributed by atoms with E-state index >= 15 is 0 Å². The molecule has 3 rings (SSSR count). The van der Waals surface area contributed by atoms with Crippen LogP contribution < -0.4 is 21.0 Å². The zero-order chi connectivity index (χ0) is 17.3. The van der Waals surface area contributed by atoms with Crippen LogP contribution in [0.25, 0.3) is 0 Å². The topological polar surface area (TPSA) is 87.2 Å². The maximum absolute atomic E-state index is 12.2. The van der Waals surface area contributed by atoms with E-state index in [9.17, 15) is 14.9 Å². The van der Waals surface area contributed by atoms with Crippen LogP contribution in [-0.2, 0) is 14.1 Å². The first kappa shape index (κ1) is 15.8. The maximum Gasteiger partial charge on any atom is 0.332 e. The second kappa shape index (κ2) is 6.20. The molecular weight excluding hydrogens is 308 g/mol. The number of nitriles is 1. The van der Waals surface area contributed by atoms with Gasteiger partial charge in [0.25, 0.3) is 5.56 Å². The van der Waals surface area contributed by atoms with Gasteiger partial charge in [0, 0.05) is 46.5 Å². The molecule has 3 heterocycles. The van der Waals surface area contributed by atoms with Gasteiger partial charge in [0.15, 0.2) is 5.56 Å². The standard InChI is InChI=1S/C16H18N6O2/c1-19-14(12(11-17)15(23)20(2)16(19)24)22-9-7-21(8-10-22)13-5-3-4-6-18-13/h3-6H,7-10H2,1-2H3. The Hall–Kier alpha value is -3.08. The van der Waals surface area contributed by atoms with Crippen LogP contribution >= 0.6 is 0 Å². The fourth-order valence-electron chi connectivity index (χ4n) is 2.99. The minimum absolute atomic E-state index is 0.00545. The highest BCUT2D eigenvalue weighted by Gasteiger charge is 2.25. The first-order valence-corrected chi connectivity index (χ1v) is 7.65. The van der Waals surface area contributed by atoms with Gasteiger partial charge in [-0.1, -0.05) is 6.07 Å². The summed E-state index contributed by atoms with van der Waals surface area (Å²) in [7, 11) is 2.97. The Morgan fingerprint density at radius 1 is 1.04 bits per heavy atom. The highest BCUT2D eigenvalue weighted by Crippen LogP contribution is 2.19. The van der Waals surface area contributed by atoms with Gasteiger partial charge in [0.05, 0.1) is 0 Å². The Balaban J connectivity index is 1.92. The van der Waals surface area contributed by atoms with E-state index in [0.717, 1.165) is 10.4 Å². The summed E-state index contributed by atoms with van der Waals surface area (Å²) < 4.78 is 2.34. The third kappa shape index (κ3) is 2.54. The molecule has 124 valence electrons. The van der Waals surface area contributed by atoms with Crippen molar-refractivity contribution < 1.29 is 0 Å². The van der Waals surface area contributed by atoms with Gasteiger partial charge < -0.3 is 9.80 Å². The summed E-state index contributed by atoms with van der Waals surface area (Å²) in [5.41, 5.74) is -0.977. The van der Waals surface area contributed by atoms with E-state index in [0.29, 0.717) is 32.0 Å². The number of piperazine rings is 1. The van der Waals surface area contributed by atoms with Crippen molar-refractivity contribution in [3.8, 4) is 6.07 Å². The van der Waals surface area contributed by atoms with Crippen molar-refractivity contribution in [2.45, 2.75) is 0 Å². The van der Waals surface area contributed by atoms with Gasteiger partial charge in [-0.3, -0.25) is 13.9 Å². The van der Waals surface area contributed by atoms with Crippen LogP contribution in [0, 0.1) is 11.3 Å². The van der Waals surface area contributed by atoms with Gasteiger partial charge in [0.2, 0.25) is 0 Å². The number of hydrogen-bond donors (Lipinski definition) is 0. The first-order chi connectivity index (χ1) is 11.5. The summed E-state index contributed by atoms with van der Waals surface area (Å²) in [5, 5.41) is 9.37. The van der Waals surface area contributed by atoms with Crippen LogP contribution in [0.5, 0.6) is 0 Å². The molecule has 0 radical (unpaired) electrons. The lowest BCUT2D eigenvalue weighted by atomic mass is 10.2. The molecule has 1 saturated heterocycles. The Labute approximate surface area is 138 Å². The smallest absolute Gasteiger partial charge is 0.332 e. The Morgan fingerprint density at radius 2 is 1.71 bits per heavy atom. The number of rotatable bonds is 2. The molecule has 1 aliphatic heterocycles. The number of aromatic nitrogens is 3. The molecule has 8 heteroatoms. The minimum atomic E-state index is -0.553. The zero-order valence-electron chi connectivity index (χ0n) is 13.6. The molecule has 0 aromatic carbocycles. The molecule has 2 aromatic rings. The molecule has 0 N–H and O–H groups in total. The van der Waals surface area contributed by atoms with Gasteiger partial charge in [0.1, 0.15) is 17.7 Å². The third-order valence-electron chi connectivity index (χ3n) is 4.30. The number of anilines is 2. The van der Waals surface area contributed by atoms with Gasteiger partial charge in [-0.25, -0.2) is 9.78 Å². The molecule has 0 spiro atoms. The van der Waals surface area contributed by atoms with Gasteiger partial charge in [-0.15, -0.1) is 0 Å². The van der Waals surface area contributed by atoms with Crippen molar-refractivity contribution in [3.05, 3.63) is 50.8 Å². The second-order valence-corrected chi connectivity index (χ2v) is 5.68. The molecular formula is C16H18N6O2. The van der Waals surface area contributed by atoms with Crippen molar-refractivity contribution in [3.63, 3.8) is 0 Å². The van der Waals surface area contributed by atoms with Crippen LogP contribution in [0.15, 0.2) is 34.0 Å². The van der Waals surface area contributed by atoms with Crippen molar-refractivity contribution in [1.82, 2.24) is 14.1 Å². The number of pyridine rings is 1. The molecule has 0 aliphatic carbocycles. The number of nitrogens with zero attached hydrogens (tertiary/aromatic N) is 6. The van der Waals surface area contributed by atoms with E-state index in [4.69, 9.17) is 0 Å². The summed E-state index contributed by atoms with van der Waals surface area (Å²) in [6.07, 6.45) is 1.75. The minimum Gasteiger partial charge on any atom is -0.353 e. The Morgan fingerprint density at radius 3 is 2.29 bits per heavy atom. The SMILES string of the molecule is Cn1c(N2CCN(c3ccccn3)CC2)c(C#N)c(=O)n(C)c1=O. The Kier molecular flexibility index (Phi) is 4.08. The molecule has 24 heavy (non-hydrogen) atoms. The lowest BCUT2D eigenvalue weighted by molar-refractivity contribution is 0.605. The average molecular weight is 326 g/mol. The summed E-state index contributed by atoms with van der Waals surface area (Å²) in [4.78, 5) is 32.8. The van der Waals surface area contributed by atoms with Gasteiger partial charge in [-0.05, 0) is 12.1 Å². The van der Waals surface area contributed by atoms with Crippen LogP contribution in [0.2, 0.25) is 0 Å². The fourth-order valence-corrected chi connectivity index (χ4v) is 2.99. The molecule has 1 fully saturated rings. The van der Waals surface area contributed by atoms with Crippen molar-refractivity contribution in [2.24, 2.45) is 14.1 Å². The van der Waals surface area contributed by atoms with E-state index in [1.54, 1.807) is 13.2 Å². The van der Waals surface area contributed by atoms with E-state index in [1.807, 2.05) is 29.2 Å².